The molecule has 2 heteroatoms. The van der Waals surface area contributed by atoms with Crippen LogP contribution in [0, 0.1) is 12.3 Å². The highest BCUT2D eigenvalue weighted by Crippen LogP contribution is 2.34. The summed E-state index contributed by atoms with van der Waals surface area (Å²) in [6.07, 6.45) is 11.6. The summed E-state index contributed by atoms with van der Waals surface area (Å²) in [4.78, 5) is 2.57. The van der Waals surface area contributed by atoms with Crippen LogP contribution >= 0.6 is 0 Å². The lowest BCUT2D eigenvalue weighted by Gasteiger charge is -2.37. The Morgan fingerprint density at radius 3 is 2.53 bits per heavy atom. The van der Waals surface area contributed by atoms with E-state index in [4.69, 9.17) is 6.42 Å². The second-order valence-corrected chi connectivity index (χ2v) is 5.19. The SMILES string of the molecule is C#CCC(C)NC1CC2CCC(C1)N2C. The van der Waals surface area contributed by atoms with Gasteiger partial charge in [0.25, 0.3) is 0 Å². The van der Waals surface area contributed by atoms with Crippen LogP contribution in [-0.4, -0.2) is 36.1 Å². The summed E-state index contributed by atoms with van der Waals surface area (Å²) in [5.74, 6) is 2.73. The second kappa shape index (κ2) is 4.55. The summed E-state index contributed by atoms with van der Waals surface area (Å²) in [7, 11) is 2.28. The van der Waals surface area contributed by atoms with Gasteiger partial charge < -0.3 is 10.2 Å². The van der Waals surface area contributed by atoms with Gasteiger partial charge in [-0.3, -0.25) is 0 Å². The van der Waals surface area contributed by atoms with Crippen molar-refractivity contribution in [1.82, 2.24) is 10.2 Å². The molecule has 2 nitrogen and oxygen atoms in total. The predicted octanol–water partition coefficient (Wildman–Crippen LogP) is 1.61. The number of nitrogens with one attached hydrogen (secondary N) is 1. The zero-order chi connectivity index (χ0) is 10.8. The molecule has 2 aliphatic rings. The van der Waals surface area contributed by atoms with Gasteiger partial charge in [0.1, 0.15) is 0 Å². The minimum absolute atomic E-state index is 0.475. The molecule has 0 aromatic rings. The Kier molecular flexibility index (Phi) is 3.33. The van der Waals surface area contributed by atoms with E-state index in [-0.39, 0.29) is 0 Å². The van der Waals surface area contributed by atoms with Crippen molar-refractivity contribution in [3.8, 4) is 12.3 Å². The molecule has 2 heterocycles. The van der Waals surface area contributed by atoms with Crippen molar-refractivity contribution in [2.24, 2.45) is 0 Å². The van der Waals surface area contributed by atoms with Gasteiger partial charge in [-0.1, -0.05) is 0 Å². The molecule has 0 aromatic heterocycles. The summed E-state index contributed by atoms with van der Waals surface area (Å²) in [5, 5.41) is 3.67. The third-order valence-corrected chi connectivity index (χ3v) is 4.04. The van der Waals surface area contributed by atoms with Crippen molar-refractivity contribution in [2.45, 2.75) is 63.2 Å². The fourth-order valence-electron chi connectivity index (χ4n) is 3.19. The lowest BCUT2D eigenvalue weighted by atomic mass is 9.97. The Bertz CT molecular complexity index is 242. The number of rotatable bonds is 3. The van der Waals surface area contributed by atoms with Crippen LogP contribution in [0.5, 0.6) is 0 Å². The summed E-state index contributed by atoms with van der Waals surface area (Å²) >= 11 is 0. The van der Waals surface area contributed by atoms with Crippen molar-refractivity contribution in [2.75, 3.05) is 7.05 Å². The molecule has 0 aromatic carbocycles. The van der Waals surface area contributed by atoms with Crippen molar-refractivity contribution < 1.29 is 0 Å². The molecule has 3 atom stereocenters. The Hall–Kier alpha value is -0.520. The van der Waals surface area contributed by atoms with Gasteiger partial charge >= 0.3 is 0 Å². The van der Waals surface area contributed by atoms with E-state index >= 15 is 0 Å². The Morgan fingerprint density at radius 1 is 1.40 bits per heavy atom. The number of fused-ring (bicyclic) bond motifs is 2. The standard InChI is InChI=1S/C13H22N2/c1-4-5-10(2)14-11-8-12-6-7-13(9-11)15(12)3/h1,10-14H,5-9H2,2-3H3. The molecular formula is C13H22N2. The van der Waals surface area contributed by atoms with Crippen molar-refractivity contribution in [1.29, 1.82) is 0 Å². The Morgan fingerprint density at radius 2 is 2.00 bits per heavy atom. The fourth-order valence-corrected chi connectivity index (χ4v) is 3.19. The van der Waals surface area contributed by atoms with E-state index in [0.717, 1.165) is 18.5 Å². The number of terminal acetylenes is 1. The average Bonchev–Trinajstić information content (AvgIpc) is 2.43. The van der Waals surface area contributed by atoms with Crippen LogP contribution in [0.1, 0.15) is 39.0 Å². The van der Waals surface area contributed by atoms with Crippen LogP contribution in [0.2, 0.25) is 0 Å². The summed E-state index contributed by atoms with van der Waals surface area (Å²) in [5.41, 5.74) is 0. The molecule has 2 fully saturated rings. The highest BCUT2D eigenvalue weighted by molar-refractivity contribution is 4.97. The van der Waals surface area contributed by atoms with Crippen LogP contribution in [0.4, 0.5) is 0 Å². The Labute approximate surface area is 93.4 Å². The van der Waals surface area contributed by atoms with Gasteiger partial charge in [0.05, 0.1) is 0 Å². The zero-order valence-electron chi connectivity index (χ0n) is 9.87. The summed E-state index contributed by atoms with van der Waals surface area (Å²) in [6.45, 7) is 2.19. The van der Waals surface area contributed by atoms with Gasteiger partial charge in [0, 0.05) is 30.6 Å². The quantitative estimate of drug-likeness (QED) is 0.706. The van der Waals surface area contributed by atoms with Crippen LogP contribution in [0.15, 0.2) is 0 Å². The minimum Gasteiger partial charge on any atom is -0.310 e. The van der Waals surface area contributed by atoms with E-state index in [1.165, 1.54) is 25.7 Å². The van der Waals surface area contributed by atoms with E-state index in [1.54, 1.807) is 0 Å². The summed E-state index contributed by atoms with van der Waals surface area (Å²) < 4.78 is 0. The monoisotopic (exact) mass is 206 g/mol. The third kappa shape index (κ3) is 2.35. The van der Waals surface area contributed by atoms with Gasteiger partial charge in [-0.2, -0.15) is 0 Å². The number of hydrogen-bond donors (Lipinski definition) is 1. The second-order valence-electron chi connectivity index (χ2n) is 5.19. The first-order valence-corrected chi connectivity index (χ1v) is 6.12. The molecule has 1 N–H and O–H groups in total. The van der Waals surface area contributed by atoms with E-state index in [9.17, 15) is 0 Å². The van der Waals surface area contributed by atoms with Crippen LogP contribution < -0.4 is 5.32 Å². The molecule has 3 unspecified atom stereocenters. The molecule has 0 radical (unpaired) electrons. The van der Waals surface area contributed by atoms with Gasteiger partial charge in [0.15, 0.2) is 0 Å². The van der Waals surface area contributed by atoms with E-state index in [0.29, 0.717) is 12.1 Å². The smallest absolute Gasteiger partial charge is 0.0238 e. The van der Waals surface area contributed by atoms with E-state index in [2.05, 4.69) is 30.1 Å². The molecule has 0 spiro atoms. The van der Waals surface area contributed by atoms with Crippen LogP contribution in [0.25, 0.3) is 0 Å². The van der Waals surface area contributed by atoms with Gasteiger partial charge in [-0.15, -0.1) is 12.3 Å². The molecule has 0 amide bonds. The average molecular weight is 206 g/mol. The topological polar surface area (TPSA) is 15.3 Å². The highest BCUT2D eigenvalue weighted by Gasteiger charge is 2.38. The lowest BCUT2D eigenvalue weighted by molar-refractivity contribution is 0.144. The first kappa shape index (κ1) is 11.0. The van der Waals surface area contributed by atoms with Crippen molar-refractivity contribution >= 4 is 0 Å². The minimum atomic E-state index is 0.475. The number of piperidine rings is 1. The van der Waals surface area contributed by atoms with Gasteiger partial charge in [-0.25, -0.2) is 0 Å². The molecule has 0 aliphatic carbocycles. The molecule has 2 saturated heterocycles. The van der Waals surface area contributed by atoms with E-state index < -0.39 is 0 Å². The first-order valence-electron chi connectivity index (χ1n) is 6.12. The predicted molar refractivity (Wildman–Crippen MR) is 63.6 cm³/mol. The maximum Gasteiger partial charge on any atom is 0.0238 e. The molecule has 84 valence electrons. The van der Waals surface area contributed by atoms with Gasteiger partial charge in [0.2, 0.25) is 0 Å². The maximum absolute atomic E-state index is 5.33. The Balaban J connectivity index is 1.84. The van der Waals surface area contributed by atoms with E-state index in [1.807, 2.05) is 0 Å². The summed E-state index contributed by atoms with van der Waals surface area (Å²) in [6, 6.07) is 2.81. The molecule has 2 bridgehead atoms. The normalized spacial score (nSPS) is 37.5. The van der Waals surface area contributed by atoms with Crippen molar-refractivity contribution in [3.05, 3.63) is 0 Å². The lowest BCUT2D eigenvalue weighted by Crippen LogP contribution is -2.49. The fraction of sp³-hybridized carbons (Fsp3) is 0.846. The first-order chi connectivity index (χ1) is 7.20. The molecule has 2 aliphatic heterocycles. The van der Waals surface area contributed by atoms with Crippen LogP contribution in [-0.2, 0) is 0 Å². The number of hydrogen-bond acceptors (Lipinski definition) is 2. The largest absolute Gasteiger partial charge is 0.310 e. The number of nitrogens with zero attached hydrogens (tertiary/aromatic N) is 1. The third-order valence-electron chi connectivity index (χ3n) is 4.04. The maximum atomic E-state index is 5.33. The van der Waals surface area contributed by atoms with Gasteiger partial charge in [-0.05, 0) is 39.7 Å². The highest BCUT2D eigenvalue weighted by atomic mass is 15.2. The molecule has 0 saturated carbocycles. The molecular weight excluding hydrogens is 184 g/mol. The van der Waals surface area contributed by atoms with Crippen LogP contribution in [0.3, 0.4) is 0 Å². The molecule has 15 heavy (non-hydrogen) atoms. The molecule has 2 rings (SSSR count). The zero-order valence-corrected chi connectivity index (χ0v) is 9.87. The van der Waals surface area contributed by atoms with Crippen molar-refractivity contribution in [3.63, 3.8) is 0 Å².